The van der Waals surface area contributed by atoms with Crippen molar-refractivity contribution in [2.45, 2.75) is 25.9 Å². The lowest BCUT2D eigenvalue weighted by atomic mass is 9.95. The second-order valence-corrected chi connectivity index (χ2v) is 4.87. The molecule has 1 aromatic heterocycles. The monoisotopic (exact) mass is 228 g/mol. The van der Waals surface area contributed by atoms with E-state index in [4.69, 9.17) is 0 Å². The summed E-state index contributed by atoms with van der Waals surface area (Å²) in [6.45, 7) is 2.51. The highest BCUT2D eigenvalue weighted by molar-refractivity contribution is 5.87. The Morgan fingerprint density at radius 2 is 2.18 bits per heavy atom. The van der Waals surface area contributed by atoms with Crippen molar-refractivity contribution >= 4 is 16.7 Å². The van der Waals surface area contributed by atoms with Crippen molar-refractivity contribution in [3.63, 3.8) is 0 Å². The van der Waals surface area contributed by atoms with Gasteiger partial charge in [0.15, 0.2) is 0 Å². The van der Waals surface area contributed by atoms with Gasteiger partial charge in [0.2, 0.25) is 0 Å². The Kier molecular flexibility index (Phi) is 2.30. The van der Waals surface area contributed by atoms with E-state index in [0.29, 0.717) is 0 Å². The molecule has 1 aromatic carbocycles. The predicted molar refractivity (Wildman–Crippen MR) is 67.9 cm³/mol. The molecule has 1 N–H and O–H groups in total. The van der Waals surface area contributed by atoms with E-state index >= 15 is 0 Å². The Balaban J connectivity index is 2.13. The molecule has 0 fully saturated rings. The van der Waals surface area contributed by atoms with Crippen molar-refractivity contribution < 1.29 is 4.79 Å². The summed E-state index contributed by atoms with van der Waals surface area (Å²) in [6.07, 6.45) is 0.825. The van der Waals surface area contributed by atoms with Gasteiger partial charge in [0.25, 0.3) is 0 Å². The van der Waals surface area contributed by atoms with Crippen molar-refractivity contribution in [2.75, 3.05) is 7.05 Å². The minimum Gasteiger partial charge on any atom is -0.357 e. The quantitative estimate of drug-likeness (QED) is 0.811. The van der Waals surface area contributed by atoms with E-state index in [2.05, 4.69) is 28.1 Å². The van der Waals surface area contributed by atoms with Crippen LogP contribution >= 0.6 is 0 Å². The molecule has 0 saturated carbocycles. The van der Waals surface area contributed by atoms with E-state index < -0.39 is 0 Å². The van der Waals surface area contributed by atoms with Crippen LogP contribution in [0.4, 0.5) is 0 Å². The number of carbonyl (C=O) groups excluding carboxylic acids is 1. The highest BCUT2D eigenvalue weighted by Crippen LogP contribution is 2.29. The number of aromatic amines is 1. The number of hydrogen-bond acceptors (Lipinski definition) is 2. The lowest BCUT2D eigenvalue weighted by molar-refractivity contribution is -0.122. The van der Waals surface area contributed by atoms with E-state index in [1.807, 2.05) is 13.1 Å². The molecule has 0 radical (unpaired) electrons. The normalized spacial score (nSPS) is 20.5. The third-order valence-electron chi connectivity index (χ3n) is 3.71. The van der Waals surface area contributed by atoms with Gasteiger partial charge in [0, 0.05) is 23.1 Å². The minimum absolute atomic E-state index is 0.0294. The maximum absolute atomic E-state index is 11.6. The fourth-order valence-electron chi connectivity index (χ4n) is 2.79. The number of carbonyl (C=O) groups is 1. The molecule has 1 aliphatic rings. The van der Waals surface area contributed by atoms with Gasteiger partial charge in [0.1, 0.15) is 5.78 Å². The summed E-state index contributed by atoms with van der Waals surface area (Å²) >= 11 is 0. The van der Waals surface area contributed by atoms with Gasteiger partial charge in [-0.3, -0.25) is 9.69 Å². The molecule has 0 amide bonds. The van der Waals surface area contributed by atoms with Gasteiger partial charge in [-0.2, -0.15) is 0 Å². The van der Waals surface area contributed by atoms with Crippen molar-refractivity contribution in [1.29, 1.82) is 0 Å². The highest BCUT2D eigenvalue weighted by Gasteiger charge is 2.28. The number of hydrogen-bond donors (Lipinski definition) is 1. The molecule has 17 heavy (non-hydrogen) atoms. The molecule has 0 bridgehead atoms. The van der Waals surface area contributed by atoms with Gasteiger partial charge in [-0.25, -0.2) is 0 Å². The van der Waals surface area contributed by atoms with Crippen LogP contribution in [0.2, 0.25) is 0 Å². The van der Waals surface area contributed by atoms with Crippen molar-refractivity contribution in [3.05, 3.63) is 35.5 Å². The molecular weight excluding hydrogens is 212 g/mol. The first-order chi connectivity index (χ1) is 8.16. The summed E-state index contributed by atoms with van der Waals surface area (Å²) in [7, 11) is 2.01. The molecule has 1 unspecified atom stereocenters. The second kappa shape index (κ2) is 3.70. The van der Waals surface area contributed by atoms with Crippen LogP contribution in [0.5, 0.6) is 0 Å². The zero-order valence-corrected chi connectivity index (χ0v) is 10.2. The zero-order chi connectivity index (χ0) is 12.0. The lowest BCUT2D eigenvalue weighted by Gasteiger charge is -2.30. The Hall–Kier alpha value is -1.61. The van der Waals surface area contributed by atoms with E-state index in [9.17, 15) is 4.79 Å². The summed E-state index contributed by atoms with van der Waals surface area (Å²) in [5, 5.41) is 1.27. The number of para-hydroxylation sites is 1. The van der Waals surface area contributed by atoms with Crippen LogP contribution < -0.4 is 0 Å². The van der Waals surface area contributed by atoms with Gasteiger partial charge in [-0.15, -0.1) is 0 Å². The van der Waals surface area contributed by atoms with Gasteiger partial charge < -0.3 is 4.98 Å². The first-order valence-electron chi connectivity index (χ1n) is 5.96. The predicted octanol–water partition coefficient (Wildman–Crippen LogP) is 2.11. The van der Waals surface area contributed by atoms with Crippen LogP contribution in [0.25, 0.3) is 10.9 Å². The summed E-state index contributed by atoms with van der Waals surface area (Å²) in [5.74, 6) is 0.253. The molecule has 0 spiro atoms. The second-order valence-electron chi connectivity index (χ2n) is 4.87. The number of aromatic nitrogens is 1. The number of ketones is 1. The van der Waals surface area contributed by atoms with E-state index in [-0.39, 0.29) is 11.8 Å². The van der Waals surface area contributed by atoms with Crippen molar-refractivity contribution in [1.82, 2.24) is 9.88 Å². The van der Waals surface area contributed by atoms with Crippen LogP contribution in [-0.2, 0) is 17.8 Å². The molecule has 0 saturated heterocycles. The number of nitrogens with zero attached hydrogens (tertiary/aromatic N) is 1. The number of rotatable bonds is 1. The average molecular weight is 228 g/mol. The minimum atomic E-state index is 0.0294. The molecule has 1 atom stereocenters. The van der Waals surface area contributed by atoms with Gasteiger partial charge >= 0.3 is 0 Å². The number of fused-ring (bicyclic) bond motifs is 3. The molecule has 3 nitrogen and oxygen atoms in total. The topological polar surface area (TPSA) is 36.1 Å². The standard InChI is InChI=1S/C14H16N2O/c1-9(17)14-7-11-10-5-3-4-6-12(10)15-13(11)8-16(14)2/h3-6,14-15H,7-8H2,1-2H3. The Morgan fingerprint density at radius 1 is 1.41 bits per heavy atom. The maximum atomic E-state index is 11.6. The van der Waals surface area contributed by atoms with Crippen LogP contribution in [0.15, 0.2) is 24.3 Å². The summed E-state index contributed by atoms with van der Waals surface area (Å²) < 4.78 is 0. The molecule has 2 heterocycles. The molecule has 0 aliphatic carbocycles. The smallest absolute Gasteiger partial charge is 0.147 e. The highest BCUT2D eigenvalue weighted by atomic mass is 16.1. The molecule has 3 heteroatoms. The van der Waals surface area contributed by atoms with E-state index in [0.717, 1.165) is 13.0 Å². The largest absolute Gasteiger partial charge is 0.357 e. The van der Waals surface area contributed by atoms with Crippen LogP contribution in [0.1, 0.15) is 18.2 Å². The third-order valence-corrected chi connectivity index (χ3v) is 3.71. The number of nitrogens with one attached hydrogen (secondary N) is 1. The SMILES string of the molecule is CC(=O)C1Cc2c([nH]c3ccccc23)CN1C. The molecule has 2 aromatic rings. The van der Waals surface area contributed by atoms with E-state index in [1.54, 1.807) is 6.92 Å². The zero-order valence-electron chi connectivity index (χ0n) is 10.2. The molecule has 1 aliphatic heterocycles. The lowest BCUT2D eigenvalue weighted by Crippen LogP contribution is -2.41. The van der Waals surface area contributed by atoms with E-state index in [1.165, 1.54) is 22.2 Å². The fraction of sp³-hybridized carbons (Fsp3) is 0.357. The van der Waals surface area contributed by atoms with Crippen LogP contribution in [0.3, 0.4) is 0 Å². The van der Waals surface area contributed by atoms with Crippen LogP contribution in [-0.4, -0.2) is 28.8 Å². The number of H-pyrrole nitrogens is 1. The average Bonchev–Trinajstić information content (AvgIpc) is 2.64. The Morgan fingerprint density at radius 3 is 2.94 bits per heavy atom. The molecular formula is C14H16N2O. The summed E-state index contributed by atoms with van der Waals surface area (Å²) in [5.41, 5.74) is 3.75. The van der Waals surface area contributed by atoms with Gasteiger partial charge in [-0.1, -0.05) is 18.2 Å². The number of Topliss-reactive ketones (excluding diaryl/α,β-unsaturated/α-hetero) is 1. The maximum Gasteiger partial charge on any atom is 0.147 e. The van der Waals surface area contributed by atoms with Gasteiger partial charge in [0.05, 0.1) is 6.04 Å². The number of benzene rings is 1. The summed E-state index contributed by atoms with van der Waals surface area (Å²) in [6, 6.07) is 8.35. The summed E-state index contributed by atoms with van der Waals surface area (Å²) in [4.78, 5) is 17.2. The van der Waals surface area contributed by atoms with Crippen molar-refractivity contribution in [3.8, 4) is 0 Å². The van der Waals surface area contributed by atoms with Crippen LogP contribution in [0, 0.1) is 0 Å². The number of likely N-dealkylation sites (N-methyl/N-ethyl adjacent to an activating group) is 1. The Labute approximate surface area is 100 Å². The molecule has 88 valence electrons. The Bertz CT molecular complexity index is 585. The third kappa shape index (κ3) is 1.58. The van der Waals surface area contributed by atoms with Crippen molar-refractivity contribution in [2.24, 2.45) is 0 Å². The first kappa shape index (κ1) is 10.5. The first-order valence-corrected chi connectivity index (χ1v) is 5.96. The fourth-order valence-corrected chi connectivity index (χ4v) is 2.79. The van der Waals surface area contributed by atoms with Gasteiger partial charge in [-0.05, 0) is 32.0 Å². The molecule has 3 rings (SSSR count).